The number of aromatic nitrogens is 1. The zero-order chi connectivity index (χ0) is 17.6. The molecule has 0 atom stereocenters. The minimum atomic E-state index is -0.401. The van der Waals surface area contributed by atoms with E-state index >= 15 is 0 Å². The summed E-state index contributed by atoms with van der Waals surface area (Å²) < 4.78 is 0. The molecule has 0 bridgehead atoms. The topological polar surface area (TPSA) is 56.0 Å². The van der Waals surface area contributed by atoms with Crippen molar-refractivity contribution < 1.29 is 4.92 Å². The Hall–Kier alpha value is -2.92. The number of nitrogens with zero attached hydrogens (tertiary/aromatic N) is 2. The van der Waals surface area contributed by atoms with Crippen molar-refractivity contribution in [2.45, 2.75) is 11.8 Å². The van der Waals surface area contributed by atoms with Gasteiger partial charge < -0.3 is 0 Å². The van der Waals surface area contributed by atoms with Crippen molar-refractivity contribution in [3.63, 3.8) is 0 Å². The van der Waals surface area contributed by atoms with Crippen LogP contribution in [-0.2, 0) is 0 Å². The van der Waals surface area contributed by atoms with Gasteiger partial charge in [-0.1, -0.05) is 36.4 Å². The van der Waals surface area contributed by atoms with Crippen LogP contribution < -0.4 is 0 Å². The van der Waals surface area contributed by atoms with Gasteiger partial charge in [-0.05, 0) is 36.2 Å². The van der Waals surface area contributed by atoms with Crippen molar-refractivity contribution in [3.05, 3.63) is 76.3 Å². The Morgan fingerprint density at radius 1 is 0.920 bits per heavy atom. The zero-order valence-corrected chi connectivity index (χ0v) is 14.3. The molecule has 4 rings (SSSR count). The van der Waals surface area contributed by atoms with Gasteiger partial charge in [0.25, 0.3) is 5.69 Å². The average Bonchev–Trinajstić information content (AvgIpc) is 2.62. The fourth-order valence-electron chi connectivity index (χ4n) is 3.23. The molecule has 0 aliphatic heterocycles. The Bertz CT molecular complexity index is 1100. The van der Waals surface area contributed by atoms with E-state index in [0.717, 1.165) is 38.5 Å². The molecule has 0 unspecified atom stereocenters. The van der Waals surface area contributed by atoms with E-state index in [1.165, 1.54) is 6.07 Å². The van der Waals surface area contributed by atoms with Crippen LogP contribution in [0.3, 0.4) is 0 Å². The van der Waals surface area contributed by atoms with Gasteiger partial charge in [0.1, 0.15) is 0 Å². The zero-order valence-electron chi connectivity index (χ0n) is 13.4. The summed E-state index contributed by atoms with van der Waals surface area (Å²) in [6.45, 7) is 1.87. The van der Waals surface area contributed by atoms with Crippen molar-refractivity contribution in [2.75, 3.05) is 0 Å². The lowest BCUT2D eigenvalue weighted by molar-refractivity contribution is -0.387. The maximum absolute atomic E-state index is 11.2. The molecule has 0 saturated heterocycles. The number of pyridine rings is 1. The molecule has 3 aromatic carbocycles. The van der Waals surface area contributed by atoms with Crippen LogP contribution in [0.2, 0.25) is 0 Å². The number of hydrogen-bond donors (Lipinski definition) is 1. The lowest BCUT2D eigenvalue weighted by Crippen LogP contribution is -1.95. The third-order valence-electron chi connectivity index (χ3n) is 4.46. The lowest BCUT2D eigenvalue weighted by Gasteiger charge is -2.14. The summed E-state index contributed by atoms with van der Waals surface area (Å²) in [6, 6.07) is 19.2. The first-order chi connectivity index (χ1) is 12.1. The SMILES string of the molecule is Cc1c(-c2c3ccccc3nc3ccccc23)ccc([N+](=O)[O-])c1S. The van der Waals surface area contributed by atoms with Crippen LogP contribution in [0.1, 0.15) is 5.56 Å². The average molecular weight is 346 g/mol. The third kappa shape index (κ3) is 2.44. The predicted molar refractivity (Wildman–Crippen MR) is 103 cm³/mol. The Kier molecular flexibility index (Phi) is 3.66. The van der Waals surface area contributed by atoms with E-state index < -0.39 is 4.92 Å². The van der Waals surface area contributed by atoms with Gasteiger partial charge in [0.15, 0.2) is 0 Å². The molecule has 0 aliphatic rings. The quantitative estimate of drug-likeness (QED) is 0.224. The summed E-state index contributed by atoms with van der Waals surface area (Å²) in [4.78, 5) is 15.9. The van der Waals surface area contributed by atoms with E-state index in [-0.39, 0.29) is 5.69 Å². The van der Waals surface area contributed by atoms with Gasteiger partial charge in [-0.3, -0.25) is 10.1 Å². The Balaban J connectivity index is 2.16. The molecular weight excluding hydrogens is 332 g/mol. The van der Waals surface area contributed by atoms with Crippen LogP contribution in [0.4, 0.5) is 5.69 Å². The fraction of sp³-hybridized carbons (Fsp3) is 0.0500. The van der Waals surface area contributed by atoms with E-state index in [4.69, 9.17) is 4.98 Å². The highest BCUT2D eigenvalue weighted by atomic mass is 32.1. The van der Waals surface area contributed by atoms with Gasteiger partial charge in [0.2, 0.25) is 0 Å². The van der Waals surface area contributed by atoms with Crippen molar-refractivity contribution in [1.29, 1.82) is 0 Å². The Morgan fingerprint density at radius 3 is 2.04 bits per heavy atom. The van der Waals surface area contributed by atoms with Crippen molar-refractivity contribution >= 4 is 40.1 Å². The molecule has 25 heavy (non-hydrogen) atoms. The first kappa shape index (κ1) is 15.6. The normalized spacial score (nSPS) is 11.1. The van der Waals surface area contributed by atoms with E-state index in [1.54, 1.807) is 6.07 Å². The molecule has 0 radical (unpaired) electrons. The highest BCUT2D eigenvalue weighted by Crippen LogP contribution is 2.40. The number of benzene rings is 3. The number of fused-ring (bicyclic) bond motifs is 2. The molecule has 4 nitrogen and oxygen atoms in total. The molecule has 0 aliphatic carbocycles. The van der Waals surface area contributed by atoms with Crippen LogP contribution in [-0.4, -0.2) is 9.91 Å². The van der Waals surface area contributed by atoms with E-state index in [9.17, 15) is 10.1 Å². The van der Waals surface area contributed by atoms with Gasteiger partial charge in [0, 0.05) is 22.4 Å². The summed E-state index contributed by atoms with van der Waals surface area (Å²) in [5, 5.41) is 13.2. The van der Waals surface area contributed by atoms with Crippen molar-refractivity contribution in [3.8, 4) is 11.1 Å². The molecule has 0 spiro atoms. The van der Waals surface area contributed by atoms with E-state index in [1.807, 2.05) is 55.5 Å². The molecule has 122 valence electrons. The Morgan fingerprint density at radius 2 is 1.48 bits per heavy atom. The Labute approximate surface area is 149 Å². The fourth-order valence-corrected chi connectivity index (χ4v) is 3.51. The lowest BCUT2D eigenvalue weighted by atomic mass is 9.93. The summed E-state index contributed by atoms with van der Waals surface area (Å²) in [5.41, 5.74) is 4.57. The highest BCUT2D eigenvalue weighted by Gasteiger charge is 2.19. The summed E-state index contributed by atoms with van der Waals surface area (Å²) in [7, 11) is 0. The molecule has 1 aromatic heterocycles. The first-order valence-corrected chi connectivity index (χ1v) is 8.27. The number of hydrogen-bond acceptors (Lipinski definition) is 4. The monoisotopic (exact) mass is 346 g/mol. The smallest absolute Gasteiger partial charge is 0.258 e. The molecule has 5 heteroatoms. The van der Waals surface area contributed by atoms with Crippen molar-refractivity contribution in [1.82, 2.24) is 4.98 Å². The van der Waals surface area contributed by atoms with Crippen LogP contribution >= 0.6 is 12.6 Å². The maximum Gasteiger partial charge on any atom is 0.282 e. The molecule has 4 aromatic rings. The summed E-state index contributed by atoms with van der Waals surface area (Å²) >= 11 is 4.40. The number of nitro groups is 1. The summed E-state index contributed by atoms with van der Waals surface area (Å²) in [6.07, 6.45) is 0. The van der Waals surface area contributed by atoms with Crippen LogP contribution in [0.25, 0.3) is 32.9 Å². The highest BCUT2D eigenvalue weighted by molar-refractivity contribution is 7.80. The minimum Gasteiger partial charge on any atom is -0.258 e. The molecular formula is C20H14N2O2S. The number of rotatable bonds is 2. The number of nitro benzene ring substituents is 1. The first-order valence-electron chi connectivity index (χ1n) is 7.82. The minimum absolute atomic E-state index is 0.0206. The van der Waals surface area contributed by atoms with E-state index in [2.05, 4.69) is 12.6 Å². The number of para-hydroxylation sites is 2. The maximum atomic E-state index is 11.2. The van der Waals surface area contributed by atoms with Gasteiger partial charge in [-0.15, -0.1) is 12.6 Å². The molecule has 1 heterocycles. The molecule has 0 amide bonds. The molecule has 0 N–H and O–H groups in total. The van der Waals surface area contributed by atoms with E-state index in [0.29, 0.717) is 4.90 Å². The van der Waals surface area contributed by atoms with Crippen LogP contribution in [0, 0.1) is 17.0 Å². The third-order valence-corrected chi connectivity index (χ3v) is 5.03. The van der Waals surface area contributed by atoms with Gasteiger partial charge >= 0.3 is 0 Å². The second-order valence-corrected chi connectivity index (χ2v) is 6.33. The largest absolute Gasteiger partial charge is 0.282 e. The second-order valence-electron chi connectivity index (χ2n) is 5.88. The van der Waals surface area contributed by atoms with Gasteiger partial charge in [0.05, 0.1) is 20.9 Å². The number of thiol groups is 1. The summed E-state index contributed by atoms with van der Waals surface area (Å²) in [5.74, 6) is 0. The predicted octanol–water partition coefficient (Wildman–Crippen LogP) is 5.56. The molecule has 0 fully saturated rings. The van der Waals surface area contributed by atoms with Crippen molar-refractivity contribution in [2.24, 2.45) is 0 Å². The standard InChI is InChI=1S/C20H14N2O2S/c1-12-13(10-11-18(20(12)25)22(23)24)19-14-6-2-4-8-16(14)21-17-9-5-3-7-15(17)19/h2-11,25H,1H3. The van der Waals surface area contributed by atoms with Gasteiger partial charge in [-0.25, -0.2) is 4.98 Å². The second kappa shape index (κ2) is 5.86. The van der Waals surface area contributed by atoms with Gasteiger partial charge in [-0.2, -0.15) is 0 Å². The molecule has 0 saturated carbocycles. The van der Waals surface area contributed by atoms with Crippen LogP contribution in [0.5, 0.6) is 0 Å². The van der Waals surface area contributed by atoms with Crippen LogP contribution in [0.15, 0.2) is 65.6 Å².